The molecule has 2 atom stereocenters. The van der Waals surface area contributed by atoms with Crippen molar-refractivity contribution >= 4 is 11.9 Å². The number of likely N-dealkylation sites (tertiary alicyclic amines) is 1. The van der Waals surface area contributed by atoms with Crippen LogP contribution in [0, 0.1) is 11.8 Å². The fraction of sp³-hybridized carbons (Fsp3) is 0.579. The molecule has 0 aromatic heterocycles. The van der Waals surface area contributed by atoms with Gasteiger partial charge in [-0.15, -0.1) is 0 Å². The summed E-state index contributed by atoms with van der Waals surface area (Å²) in [7, 11) is 1.69. The molecular formula is C19H25NO4. The Bertz CT molecular complexity index is 607. The topological polar surface area (TPSA) is 66.8 Å². The van der Waals surface area contributed by atoms with Gasteiger partial charge in [-0.25, -0.2) is 0 Å². The molecule has 3 rings (SSSR count). The van der Waals surface area contributed by atoms with Crippen LogP contribution in [0.4, 0.5) is 0 Å². The summed E-state index contributed by atoms with van der Waals surface area (Å²) in [5, 5.41) is 9.10. The van der Waals surface area contributed by atoms with Crippen molar-refractivity contribution in [3.8, 4) is 5.75 Å². The van der Waals surface area contributed by atoms with E-state index >= 15 is 0 Å². The van der Waals surface area contributed by atoms with E-state index in [0.29, 0.717) is 25.2 Å². The van der Waals surface area contributed by atoms with Crippen molar-refractivity contribution < 1.29 is 19.4 Å². The average molecular weight is 331 g/mol. The van der Waals surface area contributed by atoms with Gasteiger partial charge in [-0.3, -0.25) is 9.59 Å². The highest BCUT2D eigenvalue weighted by atomic mass is 16.5. The Morgan fingerprint density at radius 2 is 1.75 bits per heavy atom. The largest absolute Gasteiger partial charge is 0.496 e. The van der Waals surface area contributed by atoms with Gasteiger partial charge in [-0.1, -0.05) is 18.2 Å². The number of piperidine rings is 1. The van der Waals surface area contributed by atoms with Crippen molar-refractivity contribution in [2.45, 2.75) is 38.0 Å². The van der Waals surface area contributed by atoms with Gasteiger partial charge in [-0.05, 0) is 49.7 Å². The van der Waals surface area contributed by atoms with E-state index in [-0.39, 0.29) is 17.7 Å². The molecule has 2 fully saturated rings. The first kappa shape index (κ1) is 16.8. The number of carbonyl (C=O) groups is 2. The molecule has 0 unspecified atom stereocenters. The Balaban J connectivity index is 1.57. The lowest BCUT2D eigenvalue weighted by atomic mass is 9.88. The molecule has 5 nitrogen and oxygen atoms in total. The maximum Gasteiger partial charge on any atom is 0.306 e. The lowest BCUT2D eigenvalue weighted by Gasteiger charge is -2.34. The molecule has 1 aliphatic heterocycles. The fourth-order valence-corrected chi connectivity index (χ4v) is 4.10. The predicted molar refractivity (Wildman–Crippen MR) is 90.0 cm³/mol. The van der Waals surface area contributed by atoms with E-state index in [1.807, 2.05) is 23.1 Å². The number of methoxy groups -OCH3 is 1. The molecule has 130 valence electrons. The van der Waals surface area contributed by atoms with Crippen molar-refractivity contribution in [1.82, 2.24) is 4.90 Å². The summed E-state index contributed by atoms with van der Waals surface area (Å²) in [5.74, 6) is 0.277. The monoisotopic (exact) mass is 331 g/mol. The van der Waals surface area contributed by atoms with Gasteiger partial charge in [0, 0.05) is 19.0 Å². The van der Waals surface area contributed by atoms with Crippen molar-refractivity contribution in [1.29, 1.82) is 0 Å². The molecule has 1 saturated heterocycles. The molecule has 1 N–H and O–H groups in total. The summed E-state index contributed by atoms with van der Waals surface area (Å²) in [6.45, 7) is 1.49. The van der Waals surface area contributed by atoms with Crippen molar-refractivity contribution in [2.75, 3.05) is 20.2 Å². The van der Waals surface area contributed by atoms with Crippen LogP contribution >= 0.6 is 0 Å². The van der Waals surface area contributed by atoms with E-state index in [4.69, 9.17) is 9.84 Å². The molecule has 1 aromatic carbocycles. The number of para-hydroxylation sites is 1. The summed E-state index contributed by atoms with van der Waals surface area (Å²) >= 11 is 0. The van der Waals surface area contributed by atoms with Crippen molar-refractivity contribution in [2.24, 2.45) is 11.8 Å². The van der Waals surface area contributed by atoms with Gasteiger partial charge in [0.05, 0.1) is 13.0 Å². The number of aliphatic carboxylic acids is 1. The molecule has 0 radical (unpaired) electrons. The van der Waals surface area contributed by atoms with Crippen LogP contribution in [0.5, 0.6) is 5.75 Å². The number of carbonyl (C=O) groups excluding carboxylic acids is 1. The minimum absolute atomic E-state index is 0.103. The second-order valence-electron chi connectivity index (χ2n) is 6.89. The van der Waals surface area contributed by atoms with Crippen LogP contribution in [0.3, 0.4) is 0 Å². The van der Waals surface area contributed by atoms with E-state index < -0.39 is 5.97 Å². The number of rotatable bonds is 4. The van der Waals surface area contributed by atoms with Crippen LogP contribution in [0.1, 0.15) is 43.6 Å². The zero-order chi connectivity index (χ0) is 17.1. The van der Waals surface area contributed by atoms with Crippen LogP contribution in [0.2, 0.25) is 0 Å². The van der Waals surface area contributed by atoms with Crippen molar-refractivity contribution in [3.63, 3.8) is 0 Å². The van der Waals surface area contributed by atoms with Gasteiger partial charge in [0.1, 0.15) is 5.75 Å². The number of benzene rings is 1. The van der Waals surface area contributed by atoms with Crippen LogP contribution < -0.4 is 4.74 Å². The Morgan fingerprint density at radius 3 is 2.38 bits per heavy atom. The minimum Gasteiger partial charge on any atom is -0.496 e. The third-order valence-corrected chi connectivity index (χ3v) is 5.52. The Morgan fingerprint density at radius 1 is 1.08 bits per heavy atom. The average Bonchev–Trinajstić information content (AvgIpc) is 3.11. The second-order valence-corrected chi connectivity index (χ2v) is 6.89. The van der Waals surface area contributed by atoms with Crippen LogP contribution in [0.25, 0.3) is 0 Å². The molecular weight excluding hydrogens is 306 g/mol. The molecule has 1 heterocycles. The van der Waals surface area contributed by atoms with Crippen LogP contribution in [0.15, 0.2) is 24.3 Å². The highest BCUT2D eigenvalue weighted by molar-refractivity contribution is 5.81. The number of carboxylic acid groups (broad SMARTS) is 1. The van der Waals surface area contributed by atoms with E-state index in [1.54, 1.807) is 7.11 Å². The summed E-state index contributed by atoms with van der Waals surface area (Å²) in [6.07, 6.45) is 3.70. The molecule has 2 aliphatic rings. The second kappa shape index (κ2) is 7.24. The standard InChI is InChI=1S/C19H25NO4/c1-24-17-5-3-2-4-16(17)13-8-10-20(11-9-13)18(21)14-6-7-15(12-14)19(22)23/h2-5,13-15H,6-12H2,1H3,(H,22,23)/t14-,15+/m0/s1. The third-order valence-electron chi connectivity index (χ3n) is 5.52. The van der Waals surface area contributed by atoms with E-state index in [2.05, 4.69) is 6.07 Å². The normalized spacial score (nSPS) is 24.8. The summed E-state index contributed by atoms with van der Waals surface area (Å²) < 4.78 is 5.45. The van der Waals surface area contributed by atoms with Gasteiger partial charge in [0.15, 0.2) is 0 Å². The molecule has 1 aliphatic carbocycles. The summed E-state index contributed by atoms with van der Waals surface area (Å²) in [5.41, 5.74) is 1.22. The van der Waals surface area contributed by atoms with Crippen LogP contribution in [-0.2, 0) is 9.59 Å². The minimum atomic E-state index is -0.764. The highest BCUT2D eigenvalue weighted by Gasteiger charge is 2.37. The molecule has 1 aromatic rings. The highest BCUT2D eigenvalue weighted by Crippen LogP contribution is 2.36. The Hall–Kier alpha value is -2.04. The first-order valence-corrected chi connectivity index (χ1v) is 8.74. The lowest BCUT2D eigenvalue weighted by Crippen LogP contribution is -2.41. The smallest absolute Gasteiger partial charge is 0.306 e. The maximum absolute atomic E-state index is 12.6. The SMILES string of the molecule is COc1ccccc1C1CCN(C(=O)[C@H]2CC[C@@H](C(=O)O)C2)CC1. The van der Waals surface area contributed by atoms with Gasteiger partial charge in [-0.2, -0.15) is 0 Å². The Labute approximate surface area is 142 Å². The molecule has 0 spiro atoms. The number of amides is 1. The van der Waals surface area contributed by atoms with E-state index in [1.165, 1.54) is 5.56 Å². The quantitative estimate of drug-likeness (QED) is 0.921. The van der Waals surface area contributed by atoms with Gasteiger partial charge < -0.3 is 14.7 Å². The fourth-order valence-electron chi connectivity index (χ4n) is 4.10. The molecule has 0 bridgehead atoms. The number of hydrogen-bond donors (Lipinski definition) is 1. The number of carboxylic acids is 1. The predicted octanol–water partition coefficient (Wildman–Crippen LogP) is 2.90. The number of hydrogen-bond acceptors (Lipinski definition) is 3. The van der Waals surface area contributed by atoms with Gasteiger partial charge in [0.2, 0.25) is 5.91 Å². The van der Waals surface area contributed by atoms with Crippen molar-refractivity contribution in [3.05, 3.63) is 29.8 Å². The molecule has 24 heavy (non-hydrogen) atoms. The first-order chi connectivity index (χ1) is 11.6. The summed E-state index contributed by atoms with van der Waals surface area (Å²) in [6, 6.07) is 8.09. The first-order valence-electron chi connectivity index (χ1n) is 8.74. The maximum atomic E-state index is 12.6. The Kier molecular flexibility index (Phi) is 5.07. The molecule has 5 heteroatoms. The van der Waals surface area contributed by atoms with Gasteiger partial charge >= 0.3 is 5.97 Å². The lowest BCUT2D eigenvalue weighted by molar-refractivity contribution is -0.141. The van der Waals surface area contributed by atoms with Gasteiger partial charge in [0.25, 0.3) is 0 Å². The molecule has 1 amide bonds. The zero-order valence-electron chi connectivity index (χ0n) is 14.1. The zero-order valence-corrected chi connectivity index (χ0v) is 14.1. The molecule has 1 saturated carbocycles. The number of ether oxygens (including phenoxy) is 1. The summed E-state index contributed by atoms with van der Waals surface area (Å²) in [4.78, 5) is 25.6. The van der Waals surface area contributed by atoms with E-state index in [9.17, 15) is 9.59 Å². The van der Waals surface area contributed by atoms with E-state index in [0.717, 1.165) is 31.7 Å². The van der Waals surface area contributed by atoms with Crippen LogP contribution in [-0.4, -0.2) is 42.1 Å². The third kappa shape index (κ3) is 3.40. The number of nitrogens with zero attached hydrogens (tertiary/aromatic N) is 1.